The molecule has 0 bridgehead atoms. The molecule has 0 saturated heterocycles. The molecule has 0 saturated carbocycles. The smallest absolute Gasteiger partial charge is 0.328 e. The topological polar surface area (TPSA) is 109 Å². The first-order chi connectivity index (χ1) is 16.5. The van der Waals surface area contributed by atoms with Gasteiger partial charge in [-0.15, -0.1) is 0 Å². The van der Waals surface area contributed by atoms with Crippen LogP contribution in [0.4, 0.5) is 5.82 Å². The van der Waals surface area contributed by atoms with Gasteiger partial charge < -0.3 is 20.4 Å². The van der Waals surface area contributed by atoms with Gasteiger partial charge in [-0.2, -0.15) is 0 Å². The Balaban J connectivity index is 1.51. The predicted octanol–water partition coefficient (Wildman–Crippen LogP) is 4.05. The standard InChI is InChI=1S/C26H27N5O3/c1-16(2)24(26(33)34-3)31-25-19-9-5-7-11-21(19)29-22(30-25)15-28-23(32)13-12-17-14-27-20-10-6-4-8-18(17)20/h4-14,16,24,27H,15H2,1-3H3,(H,28,32)(H,29,30,31)/b13-12+/t24-/m0/s1. The van der Waals surface area contributed by atoms with Crippen molar-refractivity contribution in [2.75, 3.05) is 12.4 Å². The second-order valence-corrected chi connectivity index (χ2v) is 8.24. The minimum atomic E-state index is -0.565. The summed E-state index contributed by atoms with van der Waals surface area (Å²) < 4.78 is 4.94. The number of nitrogens with one attached hydrogen (secondary N) is 3. The molecule has 1 atom stereocenters. The zero-order valence-electron chi connectivity index (χ0n) is 19.3. The Labute approximate surface area is 197 Å². The van der Waals surface area contributed by atoms with Crippen molar-refractivity contribution in [1.82, 2.24) is 20.3 Å². The summed E-state index contributed by atoms with van der Waals surface area (Å²) in [6.07, 6.45) is 5.12. The van der Waals surface area contributed by atoms with E-state index in [1.807, 2.05) is 68.6 Å². The van der Waals surface area contributed by atoms with Crippen molar-refractivity contribution in [3.63, 3.8) is 0 Å². The lowest BCUT2D eigenvalue weighted by molar-refractivity contribution is -0.142. The summed E-state index contributed by atoms with van der Waals surface area (Å²) in [6.45, 7) is 4.00. The van der Waals surface area contributed by atoms with E-state index in [-0.39, 0.29) is 24.3 Å². The van der Waals surface area contributed by atoms with Crippen LogP contribution in [0.25, 0.3) is 27.9 Å². The third kappa shape index (κ3) is 5.06. The second-order valence-electron chi connectivity index (χ2n) is 8.24. The minimum absolute atomic E-state index is 0.0148. The maximum absolute atomic E-state index is 12.5. The number of hydrogen-bond donors (Lipinski definition) is 3. The van der Waals surface area contributed by atoms with Gasteiger partial charge in [0.2, 0.25) is 5.91 Å². The zero-order valence-corrected chi connectivity index (χ0v) is 19.3. The molecule has 8 heteroatoms. The first-order valence-electron chi connectivity index (χ1n) is 11.1. The van der Waals surface area contributed by atoms with Gasteiger partial charge in [0.15, 0.2) is 5.82 Å². The van der Waals surface area contributed by atoms with Gasteiger partial charge in [-0.05, 0) is 35.8 Å². The lowest BCUT2D eigenvalue weighted by atomic mass is 10.0. The highest BCUT2D eigenvalue weighted by Crippen LogP contribution is 2.23. The number of benzene rings is 2. The fourth-order valence-electron chi connectivity index (χ4n) is 3.71. The van der Waals surface area contributed by atoms with E-state index in [4.69, 9.17) is 4.74 Å². The third-order valence-corrected chi connectivity index (χ3v) is 5.52. The number of aromatic nitrogens is 3. The fraction of sp³-hybridized carbons (Fsp3) is 0.231. The van der Waals surface area contributed by atoms with Crippen LogP contribution in [-0.4, -0.2) is 40.0 Å². The van der Waals surface area contributed by atoms with Crippen molar-refractivity contribution in [3.05, 3.63) is 72.2 Å². The summed E-state index contributed by atoms with van der Waals surface area (Å²) in [5.41, 5.74) is 2.66. The minimum Gasteiger partial charge on any atom is -0.467 e. The highest BCUT2D eigenvalue weighted by molar-refractivity contribution is 5.96. The Kier molecular flexibility index (Phi) is 6.87. The van der Waals surface area contributed by atoms with E-state index in [2.05, 4.69) is 25.6 Å². The van der Waals surface area contributed by atoms with E-state index in [9.17, 15) is 9.59 Å². The molecule has 0 fully saturated rings. The lowest BCUT2D eigenvalue weighted by Crippen LogP contribution is -2.36. The number of aromatic amines is 1. The van der Waals surface area contributed by atoms with Crippen LogP contribution in [0.1, 0.15) is 25.2 Å². The quantitative estimate of drug-likeness (QED) is 0.272. The molecule has 1 amide bonds. The number of fused-ring (bicyclic) bond motifs is 2. The number of nitrogens with zero attached hydrogens (tertiary/aromatic N) is 2. The number of rotatable bonds is 8. The summed E-state index contributed by atoms with van der Waals surface area (Å²) >= 11 is 0. The van der Waals surface area contributed by atoms with E-state index in [1.54, 1.807) is 6.08 Å². The summed E-state index contributed by atoms with van der Waals surface area (Å²) in [4.78, 5) is 37.0. The molecular formula is C26H27N5O3. The van der Waals surface area contributed by atoms with Crippen molar-refractivity contribution < 1.29 is 14.3 Å². The van der Waals surface area contributed by atoms with Crippen molar-refractivity contribution in [3.8, 4) is 0 Å². The molecular weight excluding hydrogens is 430 g/mol. The highest BCUT2D eigenvalue weighted by Gasteiger charge is 2.24. The Bertz CT molecular complexity index is 1360. The van der Waals surface area contributed by atoms with Gasteiger partial charge in [-0.3, -0.25) is 4.79 Å². The number of esters is 1. The second kappa shape index (κ2) is 10.2. The van der Waals surface area contributed by atoms with E-state index >= 15 is 0 Å². The number of carbonyl (C=O) groups excluding carboxylic acids is 2. The molecule has 4 aromatic rings. The normalized spacial score (nSPS) is 12.4. The highest BCUT2D eigenvalue weighted by atomic mass is 16.5. The zero-order chi connectivity index (χ0) is 24.1. The van der Waals surface area contributed by atoms with Crippen LogP contribution in [0.2, 0.25) is 0 Å². The number of H-pyrrole nitrogens is 1. The molecule has 4 rings (SSSR count). The Morgan fingerprint density at radius 1 is 1.06 bits per heavy atom. The van der Waals surface area contributed by atoms with E-state index < -0.39 is 6.04 Å². The van der Waals surface area contributed by atoms with Crippen LogP contribution in [-0.2, 0) is 20.9 Å². The first kappa shape index (κ1) is 23.0. The molecule has 0 aliphatic carbocycles. The predicted molar refractivity (Wildman–Crippen MR) is 133 cm³/mol. The average Bonchev–Trinajstić information content (AvgIpc) is 3.27. The van der Waals surface area contributed by atoms with E-state index in [1.165, 1.54) is 13.2 Å². The molecule has 0 spiro atoms. The average molecular weight is 458 g/mol. The maximum atomic E-state index is 12.5. The molecule has 0 aliphatic rings. The van der Waals surface area contributed by atoms with Crippen molar-refractivity contribution >= 4 is 45.6 Å². The molecule has 2 aromatic carbocycles. The molecule has 0 radical (unpaired) electrons. The number of hydrogen-bond acceptors (Lipinski definition) is 6. The molecule has 0 aliphatic heterocycles. The molecule has 34 heavy (non-hydrogen) atoms. The van der Waals surface area contributed by atoms with Gasteiger partial charge in [-0.25, -0.2) is 14.8 Å². The molecule has 2 aromatic heterocycles. The molecule has 174 valence electrons. The number of ether oxygens (including phenoxy) is 1. The Morgan fingerprint density at radius 2 is 1.79 bits per heavy atom. The van der Waals surface area contributed by atoms with Gasteiger partial charge in [0, 0.05) is 28.6 Å². The molecule has 3 N–H and O–H groups in total. The lowest BCUT2D eigenvalue weighted by Gasteiger charge is -2.21. The third-order valence-electron chi connectivity index (χ3n) is 5.52. The number of amides is 1. The SMILES string of the molecule is COC(=O)[C@@H](Nc1nc(CNC(=O)/C=C/c2c[nH]c3ccccc23)nc2ccccc12)C(C)C. The fourth-order valence-corrected chi connectivity index (χ4v) is 3.71. The van der Waals surface area contributed by atoms with Gasteiger partial charge in [0.05, 0.1) is 19.2 Å². The van der Waals surface area contributed by atoms with Gasteiger partial charge in [0.25, 0.3) is 0 Å². The van der Waals surface area contributed by atoms with Gasteiger partial charge in [0.1, 0.15) is 11.9 Å². The first-order valence-corrected chi connectivity index (χ1v) is 11.1. The van der Waals surface area contributed by atoms with Crippen LogP contribution in [0.5, 0.6) is 0 Å². The van der Waals surface area contributed by atoms with E-state index in [0.717, 1.165) is 21.9 Å². The van der Waals surface area contributed by atoms with Gasteiger partial charge in [-0.1, -0.05) is 44.2 Å². The number of anilines is 1. The Hall–Kier alpha value is -4.20. The van der Waals surface area contributed by atoms with Crippen LogP contribution >= 0.6 is 0 Å². The summed E-state index contributed by atoms with van der Waals surface area (Å²) in [6, 6.07) is 14.9. The monoisotopic (exact) mass is 457 g/mol. The van der Waals surface area contributed by atoms with Crippen molar-refractivity contribution in [2.45, 2.75) is 26.4 Å². The molecule has 0 unspecified atom stereocenters. The number of methoxy groups -OCH3 is 1. The van der Waals surface area contributed by atoms with Crippen LogP contribution < -0.4 is 10.6 Å². The maximum Gasteiger partial charge on any atom is 0.328 e. The van der Waals surface area contributed by atoms with E-state index in [0.29, 0.717) is 17.2 Å². The summed E-state index contributed by atoms with van der Waals surface area (Å²) in [5.74, 6) is 0.316. The summed E-state index contributed by atoms with van der Waals surface area (Å²) in [5, 5.41) is 7.87. The van der Waals surface area contributed by atoms with Gasteiger partial charge >= 0.3 is 5.97 Å². The van der Waals surface area contributed by atoms with Crippen LogP contribution in [0.3, 0.4) is 0 Å². The summed E-state index contributed by atoms with van der Waals surface area (Å²) in [7, 11) is 1.36. The van der Waals surface area contributed by atoms with Crippen LogP contribution in [0.15, 0.2) is 60.8 Å². The van der Waals surface area contributed by atoms with Crippen LogP contribution in [0, 0.1) is 5.92 Å². The Morgan fingerprint density at radius 3 is 2.56 bits per heavy atom. The number of para-hydroxylation sites is 2. The van der Waals surface area contributed by atoms with Crippen molar-refractivity contribution in [1.29, 1.82) is 0 Å². The van der Waals surface area contributed by atoms with Crippen molar-refractivity contribution in [2.24, 2.45) is 5.92 Å². The number of carbonyl (C=O) groups is 2. The molecule has 8 nitrogen and oxygen atoms in total. The molecule has 2 heterocycles. The largest absolute Gasteiger partial charge is 0.467 e.